The molecular weight excluding hydrogens is 460 g/mol. The van der Waals surface area contributed by atoms with Gasteiger partial charge in [0.15, 0.2) is 11.4 Å². The number of rotatable bonds is 2. The average molecular weight is 477 g/mol. The number of imidazole rings is 1. The summed E-state index contributed by atoms with van der Waals surface area (Å²) >= 11 is 6.35. The van der Waals surface area contributed by atoms with Crippen molar-refractivity contribution < 1.29 is 10.2 Å². The molecule has 35 heavy (non-hydrogen) atoms. The van der Waals surface area contributed by atoms with Crippen molar-refractivity contribution in [3.63, 3.8) is 0 Å². The summed E-state index contributed by atoms with van der Waals surface area (Å²) in [6.07, 6.45) is 0. The molecule has 4 aromatic carbocycles. The van der Waals surface area contributed by atoms with Crippen LogP contribution in [-0.2, 0) is 0 Å². The summed E-state index contributed by atoms with van der Waals surface area (Å²) in [4.78, 5) is 15.4. The second-order valence-corrected chi connectivity index (χ2v) is 8.77. The lowest BCUT2D eigenvalue weighted by Crippen LogP contribution is -2.26. The molecule has 0 fully saturated rings. The summed E-state index contributed by atoms with van der Waals surface area (Å²) in [6.45, 7) is 16.1. The zero-order valence-corrected chi connectivity index (χ0v) is 19.3. The Balaban J connectivity index is 1.86. The van der Waals surface area contributed by atoms with Crippen molar-refractivity contribution in [1.29, 1.82) is 0 Å². The van der Waals surface area contributed by atoms with Gasteiger partial charge in [-0.1, -0.05) is 53.8 Å². The number of nitrogens with one attached hydrogen (secondary N) is 1. The Hall–Kier alpha value is -4.38. The standard InChI is InChI=1S/C28H17ClN4O2/c1-28(35,15-34)12-11-16-7-9-18-20(13-16)21-14-17(29)8-10-19(21)26-25(18)32-27(33-26)24-22(30-2)5-4-6-23(24)31-3/h4-10,13-14,34-35H,15H2,1H3,(H,32,33). The summed E-state index contributed by atoms with van der Waals surface area (Å²) in [5.74, 6) is 6.07. The maximum Gasteiger partial charge on any atom is 0.187 e. The maximum atomic E-state index is 10.0. The van der Waals surface area contributed by atoms with E-state index < -0.39 is 12.2 Å². The van der Waals surface area contributed by atoms with Crippen LogP contribution in [0.3, 0.4) is 0 Å². The van der Waals surface area contributed by atoms with Crippen LogP contribution in [0.25, 0.3) is 53.7 Å². The fraction of sp³-hybridized carbons (Fsp3) is 0.107. The highest BCUT2D eigenvalue weighted by atomic mass is 35.5. The number of hydrogen-bond donors (Lipinski definition) is 3. The van der Waals surface area contributed by atoms with Crippen molar-refractivity contribution in [2.24, 2.45) is 0 Å². The number of aromatic nitrogens is 2. The van der Waals surface area contributed by atoms with E-state index >= 15 is 0 Å². The van der Waals surface area contributed by atoms with E-state index in [1.807, 2.05) is 30.3 Å². The SMILES string of the molecule is [C-]#[N+]c1cccc([N+]#[C-])c1-c1nc2c3ccc(C#CC(C)(O)CO)cc3c3cc(Cl)ccc3c2[nH]1. The minimum Gasteiger partial charge on any atom is -0.392 e. The van der Waals surface area contributed by atoms with E-state index in [1.54, 1.807) is 24.3 Å². The Morgan fingerprint density at radius 1 is 1.00 bits per heavy atom. The van der Waals surface area contributed by atoms with E-state index in [0.29, 0.717) is 38.9 Å². The lowest BCUT2D eigenvalue weighted by molar-refractivity contribution is 0.0519. The summed E-state index contributed by atoms with van der Waals surface area (Å²) < 4.78 is 0. The van der Waals surface area contributed by atoms with E-state index in [2.05, 4.69) is 26.5 Å². The number of benzene rings is 4. The van der Waals surface area contributed by atoms with Crippen LogP contribution in [-0.4, -0.2) is 32.4 Å². The van der Waals surface area contributed by atoms with Gasteiger partial charge < -0.3 is 15.2 Å². The topological polar surface area (TPSA) is 77.9 Å². The van der Waals surface area contributed by atoms with Crippen LogP contribution in [0.5, 0.6) is 0 Å². The molecule has 1 aromatic heterocycles. The van der Waals surface area contributed by atoms with Crippen LogP contribution in [0.4, 0.5) is 11.4 Å². The Bertz CT molecular complexity index is 1780. The number of nitrogens with zero attached hydrogens (tertiary/aromatic N) is 3. The quantitative estimate of drug-likeness (QED) is 0.157. The van der Waals surface area contributed by atoms with Gasteiger partial charge in [-0.2, -0.15) is 0 Å². The molecule has 0 aliphatic heterocycles. The number of aliphatic hydroxyl groups is 2. The summed E-state index contributed by atoms with van der Waals surface area (Å²) in [6, 6.07) is 16.2. The van der Waals surface area contributed by atoms with Crippen LogP contribution in [0.2, 0.25) is 5.02 Å². The lowest BCUT2D eigenvalue weighted by Gasteiger charge is -2.11. The third kappa shape index (κ3) is 3.85. The Kier molecular flexibility index (Phi) is 5.40. The van der Waals surface area contributed by atoms with Crippen molar-refractivity contribution in [2.45, 2.75) is 12.5 Å². The van der Waals surface area contributed by atoms with Gasteiger partial charge in [-0.15, -0.1) is 0 Å². The number of aromatic amines is 1. The second-order valence-electron chi connectivity index (χ2n) is 8.34. The average Bonchev–Trinajstić information content (AvgIpc) is 3.32. The molecule has 0 saturated carbocycles. The van der Waals surface area contributed by atoms with E-state index in [4.69, 9.17) is 29.7 Å². The molecule has 1 heterocycles. The largest absolute Gasteiger partial charge is 0.392 e. The van der Waals surface area contributed by atoms with E-state index in [0.717, 1.165) is 27.1 Å². The van der Waals surface area contributed by atoms with E-state index in [9.17, 15) is 10.2 Å². The highest BCUT2D eigenvalue weighted by molar-refractivity contribution is 6.33. The number of H-pyrrole nitrogens is 1. The van der Waals surface area contributed by atoms with Gasteiger partial charge in [-0.3, -0.25) is 0 Å². The molecular formula is C28H17ClN4O2. The molecule has 0 bridgehead atoms. The van der Waals surface area contributed by atoms with Crippen LogP contribution >= 0.6 is 11.6 Å². The molecule has 1 unspecified atom stereocenters. The molecule has 0 spiro atoms. The first-order chi connectivity index (χ1) is 16.8. The maximum absolute atomic E-state index is 10.0. The second kappa shape index (κ2) is 8.44. The van der Waals surface area contributed by atoms with Crippen molar-refractivity contribution >= 4 is 55.6 Å². The predicted octanol–water partition coefficient (Wildman–Crippen LogP) is 6.39. The zero-order valence-electron chi connectivity index (χ0n) is 18.5. The molecule has 0 saturated heterocycles. The normalized spacial score (nSPS) is 12.6. The molecule has 6 nitrogen and oxygen atoms in total. The van der Waals surface area contributed by atoms with Gasteiger partial charge in [0.05, 0.1) is 30.8 Å². The van der Waals surface area contributed by atoms with Crippen molar-refractivity contribution in [3.8, 4) is 23.2 Å². The molecule has 7 heteroatoms. The summed E-state index contributed by atoms with van der Waals surface area (Å²) in [7, 11) is 0. The number of hydrogen-bond acceptors (Lipinski definition) is 3. The molecule has 0 aliphatic carbocycles. The van der Waals surface area contributed by atoms with Crippen LogP contribution in [0, 0.1) is 25.0 Å². The third-order valence-corrected chi connectivity index (χ3v) is 6.04. The summed E-state index contributed by atoms with van der Waals surface area (Å²) in [5, 5.41) is 23.4. The highest BCUT2D eigenvalue weighted by Crippen LogP contribution is 2.41. The molecule has 0 aliphatic rings. The first-order valence-electron chi connectivity index (χ1n) is 10.6. The van der Waals surface area contributed by atoms with Crippen molar-refractivity contribution in [3.05, 3.63) is 88.0 Å². The van der Waals surface area contributed by atoms with Gasteiger partial charge >= 0.3 is 0 Å². The zero-order chi connectivity index (χ0) is 24.7. The van der Waals surface area contributed by atoms with Crippen LogP contribution < -0.4 is 0 Å². The monoisotopic (exact) mass is 476 g/mol. The number of halogens is 1. The van der Waals surface area contributed by atoms with Gasteiger partial charge in [-0.25, -0.2) is 14.7 Å². The molecule has 0 amide bonds. The smallest absolute Gasteiger partial charge is 0.187 e. The molecule has 5 rings (SSSR count). The predicted molar refractivity (Wildman–Crippen MR) is 139 cm³/mol. The number of aliphatic hydroxyl groups excluding tert-OH is 1. The third-order valence-electron chi connectivity index (χ3n) is 5.80. The van der Waals surface area contributed by atoms with Crippen molar-refractivity contribution in [1.82, 2.24) is 9.97 Å². The summed E-state index contributed by atoms with van der Waals surface area (Å²) in [5.41, 5.74) is 1.80. The van der Waals surface area contributed by atoms with Gasteiger partial charge in [-0.05, 0) is 42.0 Å². The molecule has 3 N–H and O–H groups in total. The minimum atomic E-state index is -1.50. The molecule has 168 valence electrons. The number of fused-ring (bicyclic) bond motifs is 6. The Morgan fingerprint density at radius 3 is 2.37 bits per heavy atom. The minimum absolute atomic E-state index is 0.350. The molecule has 1 atom stereocenters. The Labute approximate surface area is 206 Å². The lowest BCUT2D eigenvalue weighted by atomic mass is 9.98. The van der Waals surface area contributed by atoms with Gasteiger partial charge in [0.1, 0.15) is 11.4 Å². The van der Waals surface area contributed by atoms with E-state index in [1.165, 1.54) is 6.92 Å². The fourth-order valence-corrected chi connectivity index (χ4v) is 4.27. The van der Waals surface area contributed by atoms with Gasteiger partial charge in [0.2, 0.25) is 0 Å². The van der Waals surface area contributed by atoms with E-state index in [-0.39, 0.29) is 0 Å². The first-order valence-corrected chi connectivity index (χ1v) is 11.0. The van der Waals surface area contributed by atoms with Gasteiger partial charge in [0, 0.05) is 26.9 Å². The van der Waals surface area contributed by atoms with Crippen LogP contribution in [0.1, 0.15) is 12.5 Å². The highest BCUT2D eigenvalue weighted by Gasteiger charge is 2.19. The van der Waals surface area contributed by atoms with Gasteiger partial charge in [0.25, 0.3) is 0 Å². The Morgan fingerprint density at radius 2 is 1.69 bits per heavy atom. The molecule has 0 radical (unpaired) electrons. The molecule has 5 aromatic rings. The van der Waals surface area contributed by atoms with Crippen LogP contribution in [0.15, 0.2) is 54.6 Å². The van der Waals surface area contributed by atoms with Crippen molar-refractivity contribution in [2.75, 3.05) is 6.61 Å². The first kappa shape index (κ1) is 22.4. The fourth-order valence-electron chi connectivity index (χ4n) is 4.09.